The lowest BCUT2D eigenvalue weighted by atomic mass is 10.2. The van der Waals surface area contributed by atoms with Crippen LogP contribution in [0.5, 0.6) is 0 Å². The molecule has 0 fully saturated rings. The summed E-state index contributed by atoms with van der Waals surface area (Å²) in [5.41, 5.74) is 0.826. The van der Waals surface area contributed by atoms with E-state index in [9.17, 15) is 0 Å². The van der Waals surface area contributed by atoms with Gasteiger partial charge >= 0.3 is 0 Å². The van der Waals surface area contributed by atoms with E-state index in [4.69, 9.17) is 0 Å². The van der Waals surface area contributed by atoms with Crippen molar-refractivity contribution in [3.8, 4) is 0 Å². The highest BCUT2D eigenvalue weighted by atomic mass is 32.1. The van der Waals surface area contributed by atoms with E-state index in [0.29, 0.717) is 0 Å². The average molecular weight is 302 g/mol. The normalized spacial score (nSPS) is 12.5. The highest BCUT2D eigenvalue weighted by Crippen LogP contribution is 2.26. The topological polar surface area (TPSA) is 67.1 Å². The van der Waals surface area contributed by atoms with Gasteiger partial charge in [0, 0.05) is 30.5 Å². The molecule has 0 bridgehead atoms. The average Bonchev–Trinajstić information content (AvgIpc) is 3.15. The third-order valence-corrected chi connectivity index (χ3v) is 4.09. The van der Waals surface area contributed by atoms with Crippen molar-refractivity contribution < 1.29 is 0 Å². The highest BCUT2D eigenvalue weighted by Gasteiger charge is 2.15. The Labute approximate surface area is 127 Å². The molecule has 3 aromatic heterocycles. The molecule has 0 radical (unpaired) electrons. The monoisotopic (exact) mass is 302 g/mol. The molecular weight excluding hydrogens is 284 g/mol. The smallest absolute Gasteiger partial charge is 0.180 e. The zero-order valence-electron chi connectivity index (χ0n) is 12.1. The number of nitrogens with one attached hydrogen (secondary N) is 2. The standard InChI is InChI=1S/C14H18N6S/c1-3-10(14-17-6-8-21-14)18-12-13-16-5-7-20(13)9-11(19-12)15-4-2/h5-10,15H,3-4H2,1-2H3,(H,18,19). The molecule has 0 aliphatic heterocycles. The Bertz CT molecular complexity index is 705. The van der Waals surface area contributed by atoms with Crippen LogP contribution >= 0.6 is 11.3 Å². The Kier molecular flexibility index (Phi) is 4.01. The van der Waals surface area contributed by atoms with Gasteiger partial charge in [0.1, 0.15) is 10.8 Å². The summed E-state index contributed by atoms with van der Waals surface area (Å²) in [4.78, 5) is 13.4. The summed E-state index contributed by atoms with van der Waals surface area (Å²) in [6.45, 7) is 5.02. The summed E-state index contributed by atoms with van der Waals surface area (Å²) < 4.78 is 1.97. The van der Waals surface area contributed by atoms with Crippen molar-refractivity contribution in [3.63, 3.8) is 0 Å². The summed E-state index contributed by atoms with van der Waals surface area (Å²) in [6.07, 6.45) is 8.42. The first-order chi connectivity index (χ1) is 10.3. The SMILES string of the molecule is CCNc1cn2ccnc2c(NC(CC)c2nccs2)n1. The Hall–Kier alpha value is -2.15. The minimum Gasteiger partial charge on any atom is -0.369 e. The maximum absolute atomic E-state index is 4.63. The molecule has 1 atom stereocenters. The van der Waals surface area contributed by atoms with Crippen LogP contribution in [0.2, 0.25) is 0 Å². The van der Waals surface area contributed by atoms with E-state index in [1.807, 2.05) is 28.4 Å². The fraction of sp³-hybridized carbons (Fsp3) is 0.357. The van der Waals surface area contributed by atoms with Crippen LogP contribution in [0.4, 0.5) is 11.6 Å². The van der Waals surface area contributed by atoms with E-state index in [-0.39, 0.29) is 6.04 Å². The van der Waals surface area contributed by atoms with Crippen molar-refractivity contribution in [2.75, 3.05) is 17.2 Å². The summed E-state index contributed by atoms with van der Waals surface area (Å²) in [5.74, 6) is 1.61. The van der Waals surface area contributed by atoms with Gasteiger partial charge in [-0.05, 0) is 13.3 Å². The Morgan fingerprint density at radius 3 is 2.90 bits per heavy atom. The van der Waals surface area contributed by atoms with Crippen molar-refractivity contribution in [2.24, 2.45) is 0 Å². The number of hydrogen-bond acceptors (Lipinski definition) is 6. The molecular formula is C14H18N6S. The Morgan fingerprint density at radius 2 is 2.19 bits per heavy atom. The number of rotatable bonds is 6. The van der Waals surface area contributed by atoms with Crippen LogP contribution < -0.4 is 10.6 Å². The molecule has 0 saturated carbocycles. The minimum absolute atomic E-state index is 0.148. The van der Waals surface area contributed by atoms with Gasteiger partial charge in [-0.1, -0.05) is 6.92 Å². The molecule has 2 N–H and O–H groups in total. The van der Waals surface area contributed by atoms with Crippen LogP contribution in [-0.2, 0) is 0 Å². The van der Waals surface area contributed by atoms with E-state index >= 15 is 0 Å². The lowest BCUT2D eigenvalue weighted by Crippen LogP contribution is -2.13. The Balaban J connectivity index is 1.96. The number of thiazole rings is 1. The lowest BCUT2D eigenvalue weighted by molar-refractivity contribution is 0.737. The quantitative estimate of drug-likeness (QED) is 0.732. The number of imidazole rings is 1. The van der Waals surface area contributed by atoms with Crippen molar-refractivity contribution in [3.05, 3.63) is 35.2 Å². The summed E-state index contributed by atoms with van der Waals surface area (Å²) in [5, 5.41) is 9.78. The number of fused-ring (bicyclic) bond motifs is 1. The molecule has 3 heterocycles. The molecule has 3 rings (SSSR count). The molecule has 3 aromatic rings. The van der Waals surface area contributed by atoms with Gasteiger partial charge in [-0.15, -0.1) is 11.3 Å². The van der Waals surface area contributed by atoms with Gasteiger partial charge in [0.05, 0.1) is 12.2 Å². The van der Waals surface area contributed by atoms with Gasteiger partial charge in [-0.3, -0.25) is 0 Å². The van der Waals surface area contributed by atoms with E-state index in [2.05, 4.69) is 39.4 Å². The van der Waals surface area contributed by atoms with Gasteiger partial charge < -0.3 is 15.0 Å². The van der Waals surface area contributed by atoms with Crippen molar-refractivity contribution in [1.29, 1.82) is 0 Å². The predicted molar refractivity (Wildman–Crippen MR) is 85.9 cm³/mol. The molecule has 0 aliphatic rings. The summed E-state index contributed by atoms with van der Waals surface area (Å²) in [6, 6.07) is 0.148. The summed E-state index contributed by atoms with van der Waals surface area (Å²) in [7, 11) is 0. The number of hydrogen-bond donors (Lipinski definition) is 2. The number of anilines is 2. The third kappa shape index (κ3) is 2.82. The van der Waals surface area contributed by atoms with Gasteiger partial charge in [0.25, 0.3) is 0 Å². The molecule has 0 spiro atoms. The molecule has 0 saturated heterocycles. The molecule has 0 aliphatic carbocycles. The minimum atomic E-state index is 0.148. The van der Waals surface area contributed by atoms with Crippen LogP contribution in [0.3, 0.4) is 0 Å². The van der Waals surface area contributed by atoms with E-state index in [1.54, 1.807) is 17.5 Å². The molecule has 7 heteroatoms. The highest BCUT2D eigenvalue weighted by molar-refractivity contribution is 7.09. The second-order valence-corrected chi connectivity index (χ2v) is 5.56. The van der Waals surface area contributed by atoms with Gasteiger partial charge in [0.15, 0.2) is 11.5 Å². The van der Waals surface area contributed by atoms with Crippen LogP contribution in [0.15, 0.2) is 30.2 Å². The third-order valence-electron chi connectivity index (χ3n) is 3.20. The molecule has 6 nitrogen and oxygen atoms in total. The summed E-state index contributed by atoms with van der Waals surface area (Å²) >= 11 is 1.65. The van der Waals surface area contributed by atoms with E-state index in [1.165, 1.54) is 0 Å². The lowest BCUT2D eigenvalue weighted by Gasteiger charge is -2.16. The number of aromatic nitrogens is 4. The van der Waals surface area contributed by atoms with Crippen molar-refractivity contribution in [2.45, 2.75) is 26.3 Å². The first-order valence-corrected chi connectivity index (χ1v) is 7.93. The van der Waals surface area contributed by atoms with Crippen LogP contribution in [0.25, 0.3) is 5.65 Å². The second-order valence-electron chi connectivity index (χ2n) is 4.64. The molecule has 0 amide bonds. The van der Waals surface area contributed by atoms with E-state index in [0.717, 1.165) is 35.3 Å². The maximum Gasteiger partial charge on any atom is 0.180 e. The first-order valence-electron chi connectivity index (χ1n) is 7.05. The van der Waals surface area contributed by atoms with Gasteiger partial charge in [-0.2, -0.15) is 0 Å². The second kappa shape index (κ2) is 6.09. The zero-order valence-corrected chi connectivity index (χ0v) is 12.9. The molecule has 1 unspecified atom stereocenters. The zero-order chi connectivity index (χ0) is 14.7. The molecule has 21 heavy (non-hydrogen) atoms. The Morgan fingerprint density at radius 1 is 1.29 bits per heavy atom. The van der Waals surface area contributed by atoms with Gasteiger partial charge in [-0.25, -0.2) is 15.0 Å². The fourth-order valence-electron chi connectivity index (χ4n) is 2.20. The predicted octanol–water partition coefficient (Wildman–Crippen LogP) is 3.18. The maximum atomic E-state index is 4.63. The van der Waals surface area contributed by atoms with Crippen molar-refractivity contribution >= 4 is 28.6 Å². The fourth-order valence-corrected chi connectivity index (χ4v) is 2.98. The first kappa shape index (κ1) is 13.8. The van der Waals surface area contributed by atoms with Crippen molar-refractivity contribution in [1.82, 2.24) is 19.4 Å². The van der Waals surface area contributed by atoms with E-state index < -0.39 is 0 Å². The molecule has 0 aromatic carbocycles. The van der Waals surface area contributed by atoms with Crippen LogP contribution in [-0.4, -0.2) is 25.9 Å². The van der Waals surface area contributed by atoms with Gasteiger partial charge in [0.2, 0.25) is 0 Å². The largest absolute Gasteiger partial charge is 0.369 e. The number of nitrogens with zero attached hydrogens (tertiary/aromatic N) is 4. The molecule has 110 valence electrons. The van der Waals surface area contributed by atoms with Crippen LogP contribution in [0, 0.1) is 0 Å². The van der Waals surface area contributed by atoms with Crippen LogP contribution in [0.1, 0.15) is 31.3 Å².